The van der Waals surface area contributed by atoms with Crippen molar-refractivity contribution in [3.05, 3.63) is 163 Å². The SMILES string of the molecule is C=CC[C@H](CC(=O)N[C@H](CO)Cc1ccc(OCc2ccccc2)cc1)C(=O)N[C@H](COC(=O)[C@@H](CC=C)Cc1ccccc1)c1ccccc1. The number of carbonyl (C=O) groups excluding carboxylic acids is 3. The lowest BCUT2D eigenvalue weighted by Gasteiger charge is -2.24. The number of esters is 1. The molecule has 2 amide bonds. The quantitative estimate of drug-likeness (QED) is 0.0663. The Morgan fingerprint density at radius 1 is 0.686 bits per heavy atom. The lowest BCUT2D eigenvalue weighted by molar-refractivity contribution is -0.150. The first-order valence-corrected chi connectivity index (χ1v) is 17.3. The van der Waals surface area contributed by atoms with Gasteiger partial charge in [-0.15, -0.1) is 13.2 Å². The molecule has 0 aliphatic carbocycles. The zero-order chi connectivity index (χ0) is 36.3. The molecule has 4 aromatic rings. The number of aliphatic hydroxyl groups is 1. The normalized spacial score (nSPS) is 13.1. The number of rotatable bonds is 21. The second kappa shape index (κ2) is 20.9. The minimum atomic E-state index is -0.726. The van der Waals surface area contributed by atoms with Crippen molar-refractivity contribution in [3.8, 4) is 5.75 Å². The number of aliphatic hydroxyl groups excluding tert-OH is 1. The topological polar surface area (TPSA) is 114 Å². The maximum Gasteiger partial charge on any atom is 0.309 e. The van der Waals surface area contributed by atoms with E-state index in [1.165, 1.54) is 0 Å². The molecule has 0 fully saturated rings. The zero-order valence-corrected chi connectivity index (χ0v) is 29.0. The maximum atomic E-state index is 13.6. The Labute approximate surface area is 301 Å². The van der Waals surface area contributed by atoms with Gasteiger partial charge >= 0.3 is 5.97 Å². The highest BCUT2D eigenvalue weighted by Crippen LogP contribution is 2.21. The van der Waals surface area contributed by atoms with E-state index in [9.17, 15) is 19.5 Å². The molecule has 4 atom stereocenters. The summed E-state index contributed by atoms with van der Waals surface area (Å²) in [6, 6.07) is 35.2. The van der Waals surface area contributed by atoms with E-state index in [0.29, 0.717) is 25.9 Å². The van der Waals surface area contributed by atoms with E-state index >= 15 is 0 Å². The van der Waals surface area contributed by atoms with Gasteiger partial charge in [-0.2, -0.15) is 0 Å². The largest absolute Gasteiger partial charge is 0.489 e. The third-order valence-corrected chi connectivity index (χ3v) is 8.51. The molecule has 8 nitrogen and oxygen atoms in total. The van der Waals surface area contributed by atoms with Crippen LogP contribution in [0.3, 0.4) is 0 Å². The minimum absolute atomic E-state index is 0.0767. The number of ether oxygens (including phenoxy) is 2. The molecule has 51 heavy (non-hydrogen) atoms. The average molecular weight is 689 g/mol. The van der Waals surface area contributed by atoms with E-state index in [1.54, 1.807) is 12.2 Å². The summed E-state index contributed by atoms with van der Waals surface area (Å²) in [5.74, 6) is -1.53. The van der Waals surface area contributed by atoms with Gasteiger partial charge in [-0.25, -0.2) is 0 Å². The second-order valence-corrected chi connectivity index (χ2v) is 12.5. The molecule has 0 saturated heterocycles. The zero-order valence-electron chi connectivity index (χ0n) is 29.0. The molecule has 0 aromatic heterocycles. The average Bonchev–Trinajstić information content (AvgIpc) is 3.16. The summed E-state index contributed by atoms with van der Waals surface area (Å²) in [7, 11) is 0. The molecule has 8 heteroatoms. The van der Waals surface area contributed by atoms with Crippen LogP contribution in [0.5, 0.6) is 5.75 Å². The molecule has 3 N–H and O–H groups in total. The van der Waals surface area contributed by atoms with Crippen molar-refractivity contribution in [3.63, 3.8) is 0 Å². The molecular weight excluding hydrogens is 640 g/mol. The van der Waals surface area contributed by atoms with Crippen molar-refractivity contribution in [2.24, 2.45) is 11.8 Å². The van der Waals surface area contributed by atoms with Crippen molar-refractivity contribution < 1.29 is 29.0 Å². The first-order valence-electron chi connectivity index (χ1n) is 17.3. The third kappa shape index (κ3) is 13.1. The Morgan fingerprint density at radius 2 is 1.25 bits per heavy atom. The van der Waals surface area contributed by atoms with Crippen LogP contribution in [0.15, 0.2) is 141 Å². The van der Waals surface area contributed by atoms with Crippen LogP contribution in [0, 0.1) is 11.8 Å². The minimum Gasteiger partial charge on any atom is -0.489 e. The van der Waals surface area contributed by atoms with Crippen LogP contribution in [0.2, 0.25) is 0 Å². The van der Waals surface area contributed by atoms with Gasteiger partial charge in [0.1, 0.15) is 19.0 Å². The van der Waals surface area contributed by atoms with Crippen molar-refractivity contribution in [1.82, 2.24) is 10.6 Å². The Balaban J connectivity index is 1.33. The Kier molecular flexibility index (Phi) is 15.7. The molecule has 4 aromatic carbocycles. The molecule has 0 spiro atoms. The fourth-order valence-electron chi connectivity index (χ4n) is 5.75. The van der Waals surface area contributed by atoms with Crippen LogP contribution >= 0.6 is 0 Å². The van der Waals surface area contributed by atoms with E-state index < -0.39 is 23.9 Å². The lowest BCUT2D eigenvalue weighted by Crippen LogP contribution is -2.42. The summed E-state index contributed by atoms with van der Waals surface area (Å²) in [6.07, 6.45) is 4.81. The van der Waals surface area contributed by atoms with Gasteiger partial charge in [0.25, 0.3) is 0 Å². The van der Waals surface area contributed by atoms with Gasteiger partial charge in [-0.1, -0.05) is 115 Å². The summed E-state index contributed by atoms with van der Waals surface area (Å²) in [5.41, 5.74) is 3.77. The smallest absolute Gasteiger partial charge is 0.309 e. The molecular formula is C43H48N2O6. The monoisotopic (exact) mass is 688 g/mol. The van der Waals surface area contributed by atoms with Crippen LogP contribution in [0.1, 0.15) is 47.6 Å². The van der Waals surface area contributed by atoms with Crippen molar-refractivity contribution in [2.45, 2.75) is 50.8 Å². The number of amides is 2. The summed E-state index contributed by atoms with van der Waals surface area (Å²) >= 11 is 0. The molecule has 0 bridgehead atoms. The van der Waals surface area contributed by atoms with Gasteiger partial charge < -0.3 is 25.2 Å². The van der Waals surface area contributed by atoms with Crippen LogP contribution in [-0.4, -0.2) is 42.1 Å². The number of hydrogen-bond acceptors (Lipinski definition) is 6. The predicted octanol–water partition coefficient (Wildman–Crippen LogP) is 6.70. The van der Waals surface area contributed by atoms with E-state index in [4.69, 9.17) is 9.47 Å². The number of hydrogen-bond donors (Lipinski definition) is 3. The summed E-state index contributed by atoms with van der Waals surface area (Å²) < 4.78 is 11.7. The van der Waals surface area contributed by atoms with Crippen molar-refractivity contribution >= 4 is 17.8 Å². The van der Waals surface area contributed by atoms with Crippen LogP contribution < -0.4 is 15.4 Å². The highest BCUT2D eigenvalue weighted by atomic mass is 16.5. The summed E-state index contributed by atoms with van der Waals surface area (Å²) in [5, 5.41) is 16.0. The van der Waals surface area contributed by atoms with Gasteiger partial charge in [0.05, 0.1) is 30.5 Å². The standard InChI is InChI=1S/C43H48N2O6/c1-3-14-36(28-41(47)44-38(29-46)27-33-22-24-39(25-23-33)50-30-34-18-10-6-11-19-34)42(48)45-40(35-20-12-7-13-21-35)31-51-43(49)37(15-4-2)26-32-16-8-5-9-17-32/h3-13,16-25,36-38,40,46H,1-2,14-15,26-31H2,(H,44,47)(H,45,48)/t36-,37+,38+,40-/m1/s1. The van der Waals surface area contributed by atoms with Gasteiger partial charge in [0, 0.05) is 6.42 Å². The fraction of sp³-hybridized carbons (Fsp3) is 0.279. The van der Waals surface area contributed by atoms with Crippen LogP contribution in [0.4, 0.5) is 0 Å². The molecule has 0 radical (unpaired) electrons. The van der Waals surface area contributed by atoms with Crippen LogP contribution in [-0.2, 0) is 38.6 Å². The highest BCUT2D eigenvalue weighted by molar-refractivity contribution is 5.86. The molecule has 4 rings (SSSR count). The molecule has 0 aliphatic rings. The number of benzene rings is 4. The van der Waals surface area contributed by atoms with Crippen molar-refractivity contribution in [2.75, 3.05) is 13.2 Å². The fourth-order valence-corrected chi connectivity index (χ4v) is 5.75. The number of nitrogens with one attached hydrogen (secondary N) is 2. The molecule has 0 aliphatic heterocycles. The number of carbonyl (C=O) groups is 3. The molecule has 0 heterocycles. The van der Waals surface area contributed by atoms with E-state index in [0.717, 1.165) is 28.0 Å². The first kappa shape index (κ1) is 38.3. The second-order valence-electron chi connectivity index (χ2n) is 12.5. The predicted molar refractivity (Wildman–Crippen MR) is 200 cm³/mol. The molecule has 0 unspecified atom stereocenters. The third-order valence-electron chi connectivity index (χ3n) is 8.51. The Morgan fingerprint density at radius 3 is 1.86 bits per heavy atom. The molecule has 0 saturated carbocycles. The molecule has 266 valence electrons. The number of allylic oxidation sites excluding steroid dienone is 2. The van der Waals surface area contributed by atoms with Gasteiger partial charge in [-0.3, -0.25) is 14.4 Å². The van der Waals surface area contributed by atoms with Crippen LogP contribution in [0.25, 0.3) is 0 Å². The summed E-state index contributed by atoms with van der Waals surface area (Å²) in [4.78, 5) is 40.1. The van der Waals surface area contributed by atoms with Crippen molar-refractivity contribution in [1.29, 1.82) is 0 Å². The van der Waals surface area contributed by atoms with Gasteiger partial charge in [0.2, 0.25) is 11.8 Å². The van der Waals surface area contributed by atoms with E-state index in [1.807, 2.05) is 115 Å². The first-order chi connectivity index (χ1) is 24.9. The van der Waals surface area contributed by atoms with Gasteiger partial charge in [-0.05, 0) is 60.1 Å². The van der Waals surface area contributed by atoms with Gasteiger partial charge in [0.15, 0.2) is 0 Å². The Hall–Kier alpha value is -5.47. The van der Waals surface area contributed by atoms with E-state index in [-0.39, 0.29) is 43.8 Å². The van der Waals surface area contributed by atoms with E-state index in [2.05, 4.69) is 23.8 Å². The highest BCUT2D eigenvalue weighted by Gasteiger charge is 2.27. The Bertz CT molecular complexity index is 1660. The maximum absolute atomic E-state index is 13.6. The lowest BCUT2D eigenvalue weighted by atomic mass is 9.96. The summed E-state index contributed by atoms with van der Waals surface area (Å²) in [6.45, 7) is 7.70.